The Bertz CT molecular complexity index is 451. The van der Waals surface area contributed by atoms with Gasteiger partial charge < -0.3 is 9.47 Å². The number of aldehydes is 1. The molecule has 1 heterocycles. The first-order valence-corrected chi connectivity index (χ1v) is 6.61. The summed E-state index contributed by atoms with van der Waals surface area (Å²) in [5.41, 5.74) is -0.0391. The zero-order chi connectivity index (χ0) is 13.5. The number of aromatic nitrogens is 2. The van der Waals surface area contributed by atoms with Gasteiger partial charge >= 0.3 is 5.97 Å². The number of carbonyl (C=O) groups is 2. The van der Waals surface area contributed by atoms with Crippen molar-refractivity contribution in [3.05, 3.63) is 11.3 Å². The Morgan fingerprint density at radius 3 is 2.56 bits per heavy atom. The van der Waals surface area contributed by atoms with Crippen molar-refractivity contribution >= 4 is 24.0 Å². The molecule has 18 heavy (non-hydrogen) atoms. The van der Waals surface area contributed by atoms with E-state index in [4.69, 9.17) is 9.47 Å². The third-order valence-corrected chi connectivity index (χ3v) is 2.49. The van der Waals surface area contributed by atoms with Crippen molar-refractivity contribution < 1.29 is 19.1 Å². The zero-order valence-electron chi connectivity index (χ0n) is 10.4. The summed E-state index contributed by atoms with van der Waals surface area (Å²) in [4.78, 5) is 30.8. The Labute approximate surface area is 109 Å². The molecule has 0 spiro atoms. The first-order valence-electron chi connectivity index (χ1n) is 5.39. The molecule has 0 aliphatic rings. The smallest absolute Gasteiger partial charge is 0.346 e. The molecule has 6 nitrogen and oxygen atoms in total. The third kappa shape index (κ3) is 3.19. The van der Waals surface area contributed by atoms with Gasteiger partial charge in [0, 0.05) is 0 Å². The first kappa shape index (κ1) is 14.4. The Kier molecular flexibility index (Phi) is 5.57. The van der Waals surface area contributed by atoms with Crippen LogP contribution >= 0.6 is 11.8 Å². The first-order chi connectivity index (χ1) is 8.67. The molecule has 0 radical (unpaired) electrons. The zero-order valence-corrected chi connectivity index (χ0v) is 11.2. The summed E-state index contributed by atoms with van der Waals surface area (Å²) in [6, 6.07) is 0. The number of ether oxygens (including phenoxy) is 2. The fourth-order valence-electron chi connectivity index (χ4n) is 1.25. The lowest BCUT2D eigenvalue weighted by Crippen LogP contribution is -2.14. The van der Waals surface area contributed by atoms with Crippen LogP contribution in [0.25, 0.3) is 0 Å². The van der Waals surface area contributed by atoms with E-state index >= 15 is 0 Å². The highest BCUT2D eigenvalue weighted by atomic mass is 32.2. The van der Waals surface area contributed by atoms with Crippen LogP contribution < -0.4 is 4.74 Å². The Morgan fingerprint density at radius 2 is 2.06 bits per heavy atom. The van der Waals surface area contributed by atoms with Gasteiger partial charge in [-0.1, -0.05) is 11.8 Å². The second-order valence-electron chi connectivity index (χ2n) is 3.05. The number of rotatable bonds is 6. The van der Waals surface area contributed by atoms with Crippen molar-refractivity contribution in [2.24, 2.45) is 0 Å². The van der Waals surface area contributed by atoms with Crippen LogP contribution in [0.3, 0.4) is 0 Å². The molecule has 1 aromatic rings. The van der Waals surface area contributed by atoms with E-state index in [0.29, 0.717) is 18.0 Å². The average molecular weight is 270 g/mol. The van der Waals surface area contributed by atoms with Crippen LogP contribution in [0.15, 0.2) is 5.16 Å². The van der Waals surface area contributed by atoms with E-state index in [1.165, 1.54) is 11.8 Å². The van der Waals surface area contributed by atoms with Crippen molar-refractivity contribution in [1.82, 2.24) is 9.97 Å². The molecule has 1 rings (SSSR count). The molecular weight excluding hydrogens is 256 g/mol. The van der Waals surface area contributed by atoms with Gasteiger partial charge in [-0.05, 0) is 20.1 Å². The van der Waals surface area contributed by atoms with E-state index in [0.717, 1.165) is 0 Å². The molecule has 0 amide bonds. The van der Waals surface area contributed by atoms with E-state index < -0.39 is 5.97 Å². The molecule has 98 valence electrons. The van der Waals surface area contributed by atoms with Crippen LogP contribution in [0.2, 0.25) is 0 Å². The Morgan fingerprint density at radius 1 is 1.33 bits per heavy atom. The van der Waals surface area contributed by atoms with Gasteiger partial charge in [0.15, 0.2) is 17.0 Å². The summed E-state index contributed by atoms with van der Waals surface area (Å²) in [5.74, 6) is -0.576. The van der Waals surface area contributed by atoms with Crippen LogP contribution in [-0.2, 0) is 4.74 Å². The predicted molar refractivity (Wildman–Crippen MR) is 66.3 cm³/mol. The summed E-state index contributed by atoms with van der Waals surface area (Å²) < 4.78 is 10.1. The van der Waals surface area contributed by atoms with Crippen LogP contribution in [0.5, 0.6) is 5.88 Å². The van der Waals surface area contributed by atoms with E-state index in [1.54, 1.807) is 20.1 Å². The lowest BCUT2D eigenvalue weighted by Gasteiger charge is -2.10. The largest absolute Gasteiger partial charge is 0.477 e. The number of esters is 1. The molecule has 0 saturated heterocycles. The van der Waals surface area contributed by atoms with Crippen LogP contribution in [0.1, 0.15) is 34.7 Å². The van der Waals surface area contributed by atoms with E-state index in [2.05, 4.69) is 9.97 Å². The standard InChI is InChI=1S/C11H14N2O4S/c1-4-16-9-8(10(15)17-5-2)7(6-14)12-11(13-9)18-3/h6H,4-5H2,1-3H3. The van der Waals surface area contributed by atoms with Crippen molar-refractivity contribution in [3.63, 3.8) is 0 Å². The highest BCUT2D eigenvalue weighted by Crippen LogP contribution is 2.22. The molecule has 0 saturated carbocycles. The van der Waals surface area contributed by atoms with Gasteiger partial charge in [0.25, 0.3) is 0 Å². The van der Waals surface area contributed by atoms with Gasteiger partial charge in [-0.2, -0.15) is 4.98 Å². The van der Waals surface area contributed by atoms with Crippen molar-refractivity contribution in [3.8, 4) is 5.88 Å². The van der Waals surface area contributed by atoms with E-state index in [1.807, 2.05) is 0 Å². The van der Waals surface area contributed by atoms with Gasteiger partial charge in [-0.15, -0.1) is 0 Å². The molecule has 0 aliphatic heterocycles. The number of thioether (sulfide) groups is 1. The van der Waals surface area contributed by atoms with Crippen molar-refractivity contribution in [2.75, 3.05) is 19.5 Å². The molecule has 0 aliphatic carbocycles. The minimum atomic E-state index is -0.657. The molecule has 0 aromatic carbocycles. The lowest BCUT2D eigenvalue weighted by molar-refractivity contribution is 0.0517. The molecule has 0 N–H and O–H groups in total. The Balaban J connectivity index is 3.33. The highest BCUT2D eigenvalue weighted by molar-refractivity contribution is 7.98. The summed E-state index contributed by atoms with van der Waals surface area (Å²) in [6.07, 6.45) is 2.26. The summed E-state index contributed by atoms with van der Waals surface area (Å²) in [6.45, 7) is 3.97. The van der Waals surface area contributed by atoms with Gasteiger partial charge in [0.05, 0.1) is 13.2 Å². The average Bonchev–Trinajstić information content (AvgIpc) is 2.38. The quantitative estimate of drug-likeness (QED) is 0.336. The van der Waals surface area contributed by atoms with Crippen LogP contribution in [0, 0.1) is 0 Å². The minimum Gasteiger partial charge on any atom is -0.477 e. The Hall–Kier alpha value is -1.63. The lowest BCUT2D eigenvalue weighted by atomic mass is 10.2. The fraction of sp³-hybridized carbons (Fsp3) is 0.455. The normalized spacial score (nSPS) is 9.94. The summed E-state index contributed by atoms with van der Waals surface area (Å²) in [5, 5.41) is 0.369. The molecule has 0 bridgehead atoms. The van der Waals surface area contributed by atoms with Crippen LogP contribution in [0.4, 0.5) is 0 Å². The molecule has 0 unspecified atom stereocenters. The van der Waals surface area contributed by atoms with Crippen molar-refractivity contribution in [2.45, 2.75) is 19.0 Å². The molecular formula is C11H14N2O4S. The number of hydrogen-bond acceptors (Lipinski definition) is 7. The highest BCUT2D eigenvalue weighted by Gasteiger charge is 2.23. The molecule has 1 aromatic heterocycles. The predicted octanol–water partition coefficient (Wildman–Crippen LogP) is 1.59. The molecule has 0 atom stereocenters. The van der Waals surface area contributed by atoms with Gasteiger partial charge in [-0.25, -0.2) is 9.78 Å². The van der Waals surface area contributed by atoms with Gasteiger partial charge in [0.1, 0.15) is 5.69 Å². The number of hydrogen-bond donors (Lipinski definition) is 0. The van der Waals surface area contributed by atoms with Crippen LogP contribution in [-0.4, -0.2) is 41.7 Å². The topological polar surface area (TPSA) is 78.4 Å². The maximum Gasteiger partial charge on any atom is 0.346 e. The minimum absolute atomic E-state index is 0.0174. The number of carbonyl (C=O) groups excluding carboxylic acids is 2. The maximum atomic E-state index is 11.8. The number of nitrogens with zero attached hydrogens (tertiary/aromatic N) is 2. The molecule has 7 heteroatoms. The second kappa shape index (κ2) is 6.95. The van der Waals surface area contributed by atoms with Gasteiger partial charge in [-0.3, -0.25) is 4.79 Å². The molecule has 0 fully saturated rings. The summed E-state index contributed by atoms with van der Waals surface area (Å²) >= 11 is 1.26. The third-order valence-electron chi connectivity index (χ3n) is 1.94. The SMILES string of the molecule is CCOC(=O)c1c(C=O)nc(SC)nc1OCC. The van der Waals surface area contributed by atoms with Gasteiger partial charge in [0.2, 0.25) is 5.88 Å². The second-order valence-corrected chi connectivity index (χ2v) is 3.82. The van der Waals surface area contributed by atoms with Crippen molar-refractivity contribution in [1.29, 1.82) is 0 Å². The van der Waals surface area contributed by atoms with E-state index in [-0.39, 0.29) is 23.7 Å². The maximum absolute atomic E-state index is 11.8. The van der Waals surface area contributed by atoms with E-state index in [9.17, 15) is 9.59 Å². The monoisotopic (exact) mass is 270 g/mol. The summed E-state index contributed by atoms with van der Waals surface area (Å²) in [7, 11) is 0. The fourth-order valence-corrected chi connectivity index (χ4v) is 1.61.